The lowest BCUT2D eigenvalue weighted by Crippen LogP contribution is -2.60. The van der Waals surface area contributed by atoms with E-state index in [1.165, 1.54) is 0 Å². The zero-order valence-corrected chi connectivity index (χ0v) is 27.7. The molecule has 8 heteroatoms. The van der Waals surface area contributed by atoms with Crippen molar-refractivity contribution < 1.29 is 24.2 Å². The molecular formula is C38H49N3O5. The molecule has 4 unspecified atom stereocenters. The van der Waals surface area contributed by atoms with E-state index in [9.17, 15) is 19.5 Å². The molecule has 3 saturated heterocycles. The second-order valence-electron chi connectivity index (χ2n) is 13.5. The lowest BCUT2D eigenvalue weighted by Gasteiger charge is -2.41. The Kier molecular flexibility index (Phi) is 9.89. The van der Waals surface area contributed by atoms with Gasteiger partial charge in [-0.2, -0.15) is 0 Å². The van der Waals surface area contributed by atoms with Crippen LogP contribution in [0.25, 0.3) is 0 Å². The quantitative estimate of drug-likeness (QED) is 0.297. The highest BCUT2D eigenvalue weighted by Gasteiger charge is 2.80. The Morgan fingerprint density at radius 1 is 1.07 bits per heavy atom. The fourth-order valence-electron chi connectivity index (χ4n) is 8.45. The Balaban J connectivity index is 1.65. The van der Waals surface area contributed by atoms with Crippen molar-refractivity contribution in [2.75, 3.05) is 24.6 Å². The molecule has 3 aliphatic heterocycles. The maximum Gasteiger partial charge on any atom is 0.248 e. The Morgan fingerprint density at radius 2 is 1.70 bits per heavy atom. The zero-order valence-electron chi connectivity index (χ0n) is 27.7. The van der Waals surface area contributed by atoms with Crippen LogP contribution >= 0.6 is 0 Å². The molecule has 2 aromatic rings. The molecule has 3 aliphatic rings. The first-order chi connectivity index (χ1) is 22.1. The van der Waals surface area contributed by atoms with Gasteiger partial charge in [-0.1, -0.05) is 81.0 Å². The second kappa shape index (κ2) is 13.5. The van der Waals surface area contributed by atoms with E-state index >= 15 is 0 Å². The predicted molar refractivity (Wildman–Crippen MR) is 180 cm³/mol. The third-order valence-corrected chi connectivity index (χ3v) is 10.7. The van der Waals surface area contributed by atoms with Gasteiger partial charge in [-0.15, -0.1) is 13.2 Å². The van der Waals surface area contributed by atoms with Crippen LogP contribution in [0, 0.1) is 17.8 Å². The molecule has 0 aromatic heterocycles. The van der Waals surface area contributed by atoms with Gasteiger partial charge in [0.05, 0.1) is 30.1 Å². The lowest BCUT2D eigenvalue weighted by atomic mass is 9.62. The van der Waals surface area contributed by atoms with E-state index in [0.29, 0.717) is 25.1 Å². The molecule has 2 bridgehead atoms. The average Bonchev–Trinajstić information content (AvgIpc) is 3.58. The summed E-state index contributed by atoms with van der Waals surface area (Å²) in [7, 11) is 0. The number of likely N-dealkylation sites (tertiary alicyclic amines) is 1. The molecule has 0 aliphatic carbocycles. The normalized spacial score (nSPS) is 29.2. The van der Waals surface area contributed by atoms with E-state index in [1.807, 2.05) is 74.5 Å². The number of carbonyl (C=O) groups is 3. The highest BCUT2D eigenvalue weighted by molar-refractivity contribution is 6.03. The number of amides is 3. The molecule has 2 aromatic carbocycles. The number of hydrogen-bond acceptors (Lipinski definition) is 5. The summed E-state index contributed by atoms with van der Waals surface area (Å²) in [5.41, 5.74) is -0.549. The number of para-hydroxylation sites is 1. The molecule has 8 atom stereocenters. The standard InChI is InChI=1S/C38H49N3O5/c1-7-16-27(5)39(21-8-2)36(45)33-38-24-26(4)37(6,46-38)31(34(43)40(22-9-3)29-19-14-11-15-20-29)32(38)35(44)41(33)30(25-42)23-28-17-12-10-13-18-28/h8-15,17-20,26-27,30-33,42H,2-3,7,16,21-25H2,1,4-6H3/t26?,27?,30-,31+,32+,33?,37-,38?/m1/s1. The van der Waals surface area contributed by atoms with Crippen molar-refractivity contribution in [1.29, 1.82) is 0 Å². The number of nitrogens with zero attached hydrogens (tertiary/aromatic N) is 3. The molecule has 3 fully saturated rings. The summed E-state index contributed by atoms with van der Waals surface area (Å²) in [6.07, 6.45) is 5.88. The lowest BCUT2D eigenvalue weighted by molar-refractivity contribution is -0.156. The predicted octanol–water partition coefficient (Wildman–Crippen LogP) is 5.02. The molecule has 46 heavy (non-hydrogen) atoms. The Hall–Kier alpha value is -3.75. The van der Waals surface area contributed by atoms with Crippen LogP contribution in [0.15, 0.2) is 86.0 Å². The van der Waals surface area contributed by atoms with Crippen molar-refractivity contribution in [3.63, 3.8) is 0 Å². The van der Waals surface area contributed by atoms with E-state index in [1.54, 1.807) is 26.9 Å². The van der Waals surface area contributed by atoms with Gasteiger partial charge < -0.3 is 24.5 Å². The first-order valence-corrected chi connectivity index (χ1v) is 16.6. The molecule has 0 radical (unpaired) electrons. The number of benzene rings is 2. The third kappa shape index (κ3) is 5.49. The topological polar surface area (TPSA) is 90.4 Å². The van der Waals surface area contributed by atoms with Gasteiger partial charge in [0.15, 0.2) is 0 Å². The van der Waals surface area contributed by atoms with Crippen molar-refractivity contribution in [3.05, 3.63) is 91.5 Å². The van der Waals surface area contributed by atoms with E-state index in [4.69, 9.17) is 4.74 Å². The Morgan fingerprint density at radius 3 is 2.28 bits per heavy atom. The van der Waals surface area contributed by atoms with Crippen molar-refractivity contribution in [2.24, 2.45) is 17.8 Å². The van der Waals surface area contributed by atoms with Crippen molar-refractivity contribution >= 4 is 23.4 Å². The minimum Gasteiger partial charge on any atom is -0.394 e. The summed E-state index contributed by atoms with van der Waals surface area (Å²) in [6, 6.07) is 17.3. The molecule has 1 N–H and O–H groups in total. The van der Waals surface area contributed by atoms with Crippen molar-refractivity contribution in [3.8, 4) is 0 Å². The smallest absolute Gasteiger partial charge is 0.248 e. The van der Waals surface area contributed by atoms with Crippen LogP contribution in [0.1, 0.15) is 52.5 Å². The second-order valence-corrected chi connectivity index (χ2v) is 13.5. The highest BCUT2D eigenvalue weighted by atomic mass is 16.5. The zero-order chi connectivity index (χ0) is 33.2. The van der Waals surface area contributed by atoms with Gasteiger partial charge in [0, 0.05) is 24.8 Å². The molecule has 3 heterocycles. The fourth-order valence-corrected chi connectivity index (χ4v) is 8.45. The van der Waals surface area contributed by atoms with Crippen molar-refractivity contribution in [2.45, 2.75) is 82.7 Å². The number of aliphatic hydroxyl groups excluding tert-OH is 1. The van der Waals surface area contributed by atoms with Crippen LogP contribution < -0.4 is 4.90 Å². The van der Waals surface area contributed by atoms with E-state index in [2.05, 4.69) is 27.0 Å². The van der Waals surface area contributed by atoms with Crippen LogP contribution in [-0.2, 0) is 25.5 Å². The van der Waals surface area contributed by atoms with E-state index in [-0.39, 0.29) is 42.8 Å². The molecule has 8 nitrogen and oxygen atoms in total. The van der Waals surface area contributed by atoms with Crippen LogP contribution in [0.5, 0.6) is 0 Å². The highest BCUT2D eigenvalue weighted by Crippen LogP contribution is 2.66. The van der Waals surface area contributed by atoms with Crippen LogP contribution in [0.4, 0.5) is 5.69 Å². The summed E-state index contributed by atoms with van der Waals surface area (Å²) in [5.74, 6) is -2.58. The fraction of sp³-hybridized carbons (Fsp3) is 0.500. The number of anilines is 1. The van der Waals surface area contributed by atoms with E-state index in [0.717, 1.165) is 18.4 Å². The average molecular weight is 628 g/mol. The third-order valence-electron chi connectivity index (χ3n) is 10.7. The van der Waals surface area contributed by atoms with Gasteiger partial charge in [0.1, 0.15) is 11.6 Å². The first-order valence-electron chi connectivity index (χ1n) is 16.6. The largest absolute Gasteiger partial charge is 0.394 e. The molecule has 0 saturated carbocycles. The molecular weight excluding hydrogens is 578 g/mol. The van der Waals surface area contributed by atoms with E-state index < -0.39 is 35.1 Å². The minimum absolute atomic E-state index is 0.102. The van der Waals surface area contributed by atoms with Gasteiger partial charge in [0.25, 0.3) is 0 Å². The molecule has 5 rings (SSSR count). The SMILES string of the molecule is C=CCN(C(=O)[C@@H]1[C@H]2C(=O)N([C@@H](CO)Cc3ccccc3)C(C(=O)N(CC=C)C(C)CCC)C23CC(C)[C@@]1(C)O3)c1ccccc1. The van der Waals surface area contributed by atoms with Gasteiger partial charge in [-0.05, 0) is 56.7 Å². The van der Waals surface area contributed by atoms with Gasteiger partial charge in [-0.25, -0.2) is 0 Å². The summed E-state index contributed by atoms with van der Waals surface area (Å²) in [4.78, 5) is 49.8. The van der Waals surface area contributed by atoms with Gasteiger partial charge in [-0.3, -0.25) is 14.4 Å². The summed E-state index contributed by atoms with van der Waals surface area (Å²) in [5, 5.41) is 10.9. The number of fused-ring (bicyclic) bond motifs is 1. The molecule has 246 valence electrons. The van der Waals surface area contributed by atoms with Crippen LogP contribution in [0.3, 0.4) is 0 Å². The number of rotatable bonds is 14. The maximum absolute atomic E-state index is 15.0. The summed E-state index contributed by atoms with van der Waals surface area (Å²) in [6.45, 7) is 16.1. The number of hydrogen-bond donors (Lipinski definition) is 1. The first kappa shape index (κ1) is 33.6. The maximum atomic E-state index is 15.0. The van der Waals surface area contributed by atoms with Crippen LogP contribution in [-0.4, -0.2) is 81.7 Å². The minimum atomic E-state index is -1.23. The number of aliphatic hydroxyl groups is 1. The van der Waals surface area contributed by atoms with Crippen molar-refractivity contribution in [1.82, 2.24) is 9.80 Å². The molecule has 1 spiro atoms. The molecule has 3 amide bonds. The number of ether oxygens (including phenoxy) is 1. The Labute approximate surface area is 273 Å². The summed E-state index contributed by atoms with van der Waals surface area (Å²) < 4.78 is 7.04. The van der Waals surface area contributed by atoms with Crippen LogP contribution in [0.2, 0.25) is 0 Å². The monoisotopic (exact) mass is 627 g/mol. The van der Waals surface area contributed by atoms with Gasteiger partial charge >= 0.3 is 0 Å². The number of carbonyl (C=O) groups excluding carboxylic acids is 3. The Bertz CT molecular complexity index is 1430. The van der Waals surface area contributed by atoms with Gasteiger partial charge in [0.2, 0.25) is 17.7 Å². The summed E-state index contributed by atoms with van der Waals surface area (Å²) >= 11 is 0.